The smallest absolute Gasteiger partial charge is 0.202 e. The van der Waals surface area contributed by atoms with Crippen LogP contribution in [0.25, 0.3) is 0 Å². The first-order chi connectivity index (χ1) is 8.29. The predicted molar refractivity (Wildman–Crippen MR) is 70.6 cm³/mol. The van der Waals surface area contributed by atoms with Gasteiger partial charge in [0.25, 0.3) is 0 Å². The molecule has 96 valence electrons. The van der Waals surface area contributed by atoms with Crippen LogP contribution < -0.4 is 5.32 Å². The van der Waals surface area contributed by atoms with E-state index in [9.17, 15) is 0 Å². The van der Waals surface area contributed by atoms with Crippen LogP contribution >= 0.6 is 11.5 Å². The third kappa shape index (κ3) is 3.64. The Balaban J connectivity index is 1.88. The minimum absolute atomic E-state index is 0.577. The monoisotopic (exact) mass is 255 g/mol. The normalized spacial score (nSPS) is 24.8. The Morgan fingerprint density at radius 1 is 1.47 bits per heavy atom. The summed E-state index contributed by atoms with van der Waals surface area (Å²) in [6.45, 7) is 3.83. The van der Waals surface area contributed by atoms with Crippen molar-refractivity contribution in [1.82, 2.24) is 9.36 Å². The summed E-state index contributed by atoms with van der Waals surface area (Å²) in [5.74, 6) is 2.44. The van der Waals surface area contributed by atoms with Gasteiger partial charge in [-0.15, -0.1) is 0 Å². The predicted octanol–water partition coefficient (Wildman–Crippen LogP) is 2.89. The molecule has 4 nitrogen and oxygen atoms in total. The van der Waals surface area contributed by atoms with Crippen LogP contribution in [0.3, 0.4) is 0 Å². The highest BCUT2D eigenvalue weighted by Gasteiger charge is 2.23. The third-order valence-corrected chi connectivity index (χ3v) is 4.01. The SMILES string of the molecule is COCCNc1nc(C2CCCC(C)C2)ns1. The van der Waals surface area contributed by atoms with Gasteiger partial charge in [0, 0.05) is 31.1 Å². The minimum Gasteiger partial charge on any atom is -0.383 e. The van der Waals surface area contributed by atoms with Crippen molar-refractivity contribution in [3.8, 4) is 0 Å². The highest BCUT2D eigenvalue weighted by molar-refractivity contribution is 7.09. The van der Waals surface area contributed by atoms with E-state index in [4.69, 9.17) is 4.74 Å². The molecule has 1 saturated carbocycles. The number of anilines is 1. The molecule has 2 atom stereocenters. The summed E-state index contributed by atoms with van der Waals surface area (Å²) in [5, 5.41) is 4.16. The van der Waals surface area contributed by atoms with E-state index in [1.54, 1.807) is 7.11 Å². The van der Waals surface area contributed by atoms with E-state index in [1.807, 2.05) is 0 Å². The van der Waals surface area contributed by atoms with E-state index >= 15 is 0 Å². The maximum atomic E-state index is 4.99. The first kappa shape index (κ1) is 12.8. The number of hydrogen-bond acceptors (Lipinski definition) is 5. The molecule has 0 saturated heterocycles. The topological polar surface area (TPSA) is 47.0 Å². The van der Waals surface area contributed by atoms with Gasteiger partial charge in [-0.2, -0.15) is 4.37 Å². The van der Waals surface area contributed by atoms with Crippen molar-refractivity contribution in [2.45, 2.75) is 38.5 Å². The van der Waals surface area contributed by atoms with Gasteiger partial charge in [-0.3, -0.25) is 0 Å². The Bertz CT molecular complexity index is 342. The molecule has 1 fully saturated rings. The fourth-order valence-corrected chi connectivity index (χ4v) is 3.07. The summed E-state index contributed by atoms with van der Waals surface area (Å²) in [4.78, 5) is 4.58. The lowest BCUT2D eigenvalue weighted by Crippen LogP contribution is -2.13. The van der Waals surface area contributed by atoms with Gasteiger partial charge >= 0.3 is 0 Å². The second-order valence-corrected chi connectivity index (χ2v) is 5.60. The molecule has 5 heteroatoms. The van der Waals surface area contributed by atoms with Crippen molar-refractivity contribution in [3.63, 3.8) is 0 Å². The van der Waals surface area contributed by atoms with Gasteiger partial charge in [-0.25, -0.2) is 4.98 Å². The molecule has 2 rings (SSSR count). The molecule has 1 N–H and O–H groups in total. The van der Waals surface area contributed by atoms with Gasteiger partial charge in [0.15, 0.2) is 0 Å². The Labute approximate surface area is 107 Å². The molecule has 1 aliphatic rings. The van der Waals surface area contributed by atoms with E-state index in [1.165, 1.54) is 37.2 Å². The van der Waals surface area contributed by atoms with Crippen LogP contribution in [0, 0.1) is 5.92 Å². The van der Waals surface area contributed by atoms with Crippen molar-refractivity contribution in [1.29, 1.82) is 0 Å². The zero-order valence-corrected chi connectivity index (χ0v) is 11.4. The van der Waals surface area contributed by atoms with Crippen molar-refractivity contribution in [2.75, 3.05) is 25.6 Å². The number of aromatic nitrogens is 2. The van der Waals surface area contributed by atoms with Crippen molar-refractivity contribution in [2.24, 2.45) is 5.92 Å². The summed E-state index contributed by atoms with van der Waals surface area (Å²) in [6.07, 6.45) is 5.17. The lowest BCUT2D eigenvalue weighted by molar-refractivity contribution is 0.211. The zero-order valence-electron chi connectivity index (χ0n) is 10.6. The van der Waals surface area contributed by atoms with Crippen molar-refractivity contribution >= 4 is 16.7 Å². The Morgan fingerprint density at radius 2 is 2.35 bits per heavy atom. The fraction of sp³-hybridized carbons (Fsp3) is 0.833. The lowest BCUT2D eigenvalue weighted by atomic mass is 9.82. The van der Waals surface area contributed by atoms with Gasteiger partial charge in [-0.05, 0) is 18.8 Å². The van der Waals surface area contributed by atoms with Crippen LogP contribution in [0.5, 0.6) is 0 Å². The molecule has 1 aliphatic carbocycles. The summed E-state index contributed by atoms with van der Waals surface area (Å²) in [7, 11) is 1.70. The highest BCUT2D eigenvalue weighted by Crippen LogP contribution is 2.35. The minimum atomic E-state index is 0.577. The average molecular weight is 255 g/mol. The second kappa shape index (κ2) is 6.31. The molecule has 0 spiro atoms. The van der Waals surface area contributed by atoms with Crippen LogP contribution in [-0.4, -0.2) is 29.6 Å². The molecule has 0 aliphatic heterocycles. The number of nitrogens with one attached hydrogen (secondary N) is 1. The first-order valence-corrected chi connectivity index (χ1v) is 7.13. The molecule has 2 unspecified atom stereocenters. The fourth-order valence-electron chi connectivity index (χ4n) is 2.40. The highest BCUT2D eigenvalue weighted by atomic mass is 32.1. The van der Waals surface area contributed by atoms with E-state index in [-0.39, 0.29) is 0 Å². The van der Waals surface area contributed by atoms with Gasteiger partial charge in [0.2, 0.25) is 5.13 Å². The Kier molecular flexibility index (Phi) is 4.74. The molecule has 1 aromatic rings. The number of hydrogen-bond donors (Lipinski definition) is 1. The van der Waals surface area contributed by atoms with E-state index < -0.39 is 0 Å². The second-order valence-electron chi connectivity index (χ2n) is 4.85. The Morgan fingerprint density at radius 3 is 3.12 bits per heavy atom. The molecule has 1 heterocycles. The summed E-state index contributed by atoms with van der Waals surface area (Å²) in [5.41, 5.74) is 0. The van der Waals surface area contributed by atoms with Crippen molar-refractivity contribution in [3.05, 3.63) is 5.82 Å². The van der Waals surface area contributed by atoms with Gasteiger partial charge < -0.3 is 10.1 Å². The summed E-state index contributed by atoms with van der Waals surface area (Å²) < 4.78 is 9.47. The third-order valence-electron chi connectivity index (χ3n) is 3.33. The van der Waals surface area contributed by atoms with Crippen LogP contribution in [-0.2, 0) is 4.74 Å². The van der Waals surface area contributed by atoms with Gasteiger partial charge in [-0.1, -0.05) is 19.8 Å². The number of rotatable bonds is 5. The van der Waals surface area contributed by atoms with E-state index in [0.717, 1.165) is 23.4 Å². The van der Waals surface area contributed by atoms with E-state index in [2.05, 4.69) is 21.6 Å². The van der Waals surface area contributed by atoms with Crippen LogP contribution in [0.15, 0.2) is 0 Å². The molecule has 0 bridgehead atoms. The van der Waals surface area contributed by atoms with Crippen LogP contribution in [0.1, 0.15) is 44.3 Å². The molecular weight excluding hydrogens is 234 g/mol. The summed E-state index contributed by atoms with van der Waals surface area (Å²) >= 11 is 1.47. The number of nitrogens with zero attached hydrogens (tertiary/aromatic N) is 2. The van der Waals surface area contributed by atoms with Gasteiger partial charge in [0.1, 0.15) is 5.82 Å². The molecule has 0 amide bonds. The van der Waals surface area contributed by atoms with Crippen LogP contribution in [0.2, 0.25) is 0 Å². The summed E-state index contributed by atoms with van der Waals surface area (Å²) in [6, 6.07) is 0. The first-order valence-electron chi connectivity index (χ1n) is 6.36. The standard InChI is InChI=1S/C12H21N3OS/c1-9-4-3-5-10(8-9)11-14-12(17-15-11)13-6-7-16-2/h9-10H,3-8H2,1-2H3,(H,13,14,15). The van der Waals surface area contributed by atoms with Gasteiger partial charge in [0.05, 0.1) is 6.61 Å². The van der Waals surface area contributed by atoms with Crippen molar-refractivity contribution < 1.29 is 4.74 Å². The largest absolute Gasteiger partial charge is 0.383 e. The quantitative estimate of drug-likeness (QED) is 0.822. The lowest BCUT2D eigenvalue weighted by Gasteiger charge is -2.24. The maximum Gasteiger partial charge on any atom is 0.202 e. The molecule has 17 heavy (non-hydrogen) atoms. The molecule has 0 radical (unpaired) electrons. The molecule has 1 aromatic heterocycles. The number of methoxy groups -OCH3 is 1. The Hall–Kier alpha value is -0.680. The molecular formula is C12H21N3OS. The molecule has 0 aromatic carbocycles. The van der Waals surface area contributed by atoms with E-state index in [0.29, 0.717) is 12.5 Å². The number of ether oxygens (including phenoxy) is 1. The zero-order chi connectivity index (χ0) is 12.1. The average Bonchev–Trinajstić information content (AvgIpc) is 2.78. The maximum absolute atomic E-state index is 4.99. The van der Waals surface area contributed by atoms with Crippen LogP contribution in [0.4, 0.5) is 5.13 Å².